The molecule has 2 rings (SSSR count). The van der Waals surface area contributed by atoms with E-state index in [0.717, 1.165) is 11.4 Å². The number of hydrogen-bond acceptors (Lipinski definition) is 3. The number of anilines is 1. The van der Waals surface area contributed by atoms with Gasteiger partial charge >= 0.3 is 0 Å². The maximum Gasteiger partial charge on any atom is 0.0575 e. The van der Waals surface area contributed by atoms with Crippen molar-refractivity contribution >= 4 is 11.8 Å². The molecule has 3 heteroatoms. The topological polar surface area (TPSA) is 27.3 Å². The Balaban J connectivity index is 2.12. The molecular formula is C17H23N3. The van der Waals surface area contributed by atoms with Crippen LogP contribution in [-0.4, -0.2) is 14.1 Å². The minimum absolute atomic E-state index is 1.12. The molecule has 0 atom stereocenters. The van der Waals surface area contributed by atoms with E-state index >= 15 is 0 Å². The molecule has 1 aliphatic heterocycles. The van der Waals surface area contributed by atoms with Crippen LogP contribution in [0.15, 0.2) is 53.1 Å². The van der Waals surface area contributed by atoms with Gasteiger partial charge in [-0.1, -0.05) is 18.2 Å². The van der Waals surface area contributed by atoms with Gasteiger partial charge in [0, 0.05) is 36.9 Å². The van der Waals surface area contributed by atoms with Gasteiger partial charge in [0.2, 0.25) is 0 Å². The van der Waals surface area contributed by atoms with Gasteiger partial charge in [-0.15, -0.1) is 0 Å². The van der Waals surface area contributed by atoms with Gasteiger partial charge < -0.3 is 15.5 Å². The predicted molar refractivity (Wildman–Crippen MR) is 87.1 cm³/mol. The molecule has 0 bridgehead atoms. The Labute approximate surface area is 121 Å². The van der Waals surface area contributed by atoms with Crippen LogP contribution in [0, 0.1) is 0 Å². The lowest BCUT2D eigenvalue weighted by molar-refractivity contribution is 0.804. The first-order valence-electron chi connectivity index (χ1n) is 6.85. The third-order valence-electron chi connectivity index (χ3n) is 3.52. The van der Waals surface area contributed by atoms with E-state index in [1.54, 1.807) is 0 Å². The maximum absolute atomic E-state index is 3.42. The second kappa shape index (κ2) is 5.87. The Bertz CT molecular complexity index is 575. The molecule has 0 spiro atoms. The fourth-order valence-corrected chi connectivity index (χ4v) is 2.06. The molecule has 20 heavy (non-hydrogen) atoms. The molecule has 3 nitrogen and oxygen atoms in total. The fourth-order valence-electron chi connectivity index (χ4n) is 2.06. The number of nitrogens with one attached hydrogen (secondary N) is 2. The summed E-state index contributed by atoms with van der Waals surface area (Å²) in [6, 6.07) is 8.52. The second-order valence-corrected chi connectivity index (χ2v) is 5.36. The smallest absolute Gasteiger partial charge is 0.0575 e. The summed E-state index contributed by atoms with van der Waals surface area (Å²) in [6.07, 6.45) is 4.24. The van der Waals surface area contributed by atoms with E-state index in [9.17, 15) is 0 Å². The van der Waals surface area contributed by atoms with Crippen LogP contribution in [0.2, 0.25) is 0 Å². The molecule has 0 saturated carbocycles. The Hall–Kier alpha value is -2.16. The average Bonchev–Trinajstić information content (AvgIpc) is 2.42. The lowest BCUT2D eigenvalue weighted by atomic mass is 10.1. The van der Waals surface area contributed by atoms with Gasteiger partial charge in [0.1, 0.15) is 0 Å². The van der Waals surface area contributed by atoms with Crippen LogP contribution in [0.25, 0.3) is 6.08 Å². The summed E-state index contributed by atoms with van der Waals surface area (Å²) in [5.74, 6) is 0. The Morgan fingerprint density at radius 3 is 2.00 bits per heavy atom. The summed E-state index contributed by atoms with van der Waals surface area (Å²) in [5.41, 5.74) is 7.01. The molecule has 1 aliphatic rings. The Morgan fingerprint density at radius 1 is 0.800 bits per heavy atom. The van der Waals surface area contributed by atoms with Crippen molar-refractivity contribution in [3.05, 3.63) is 58.7 Å². The molecule has 106 valence electrons. The summed E-state index contributed by atoms with van der Waals surface area (Å²) in [5, 5.41) is 6.80. The molecular weight excluding hydrogens is 246 g/mol. The number of hydrogen-bond donors (Lipinski definition) is 2. The maximum atomic E-state index is 3.42. The van der Waals surface area contributed by atoms with Crippen LogP contribution in [0.4, 0.5) is 5.69 Å². The first kappa shape index (κ1) is 14.3. The van der Waals surface area contributed by atoms with Gasteiger partial charge in [-0.25, -0.2) is 0 Å². The highest BCUT2D eigenvalue weighted by Crippen LogP contribution is 2.16. The SMILES string of the molecule is CC1=C(C)NC(/C=C/c2ccc(N(C)C)cc2)=C(C)N1. The summed E-state index contributed by atoms with van der Waals surface area (Å²) in [7, 11) is 4.10. The zero-order valence-electron chi connectivity index (χ0n) is 12.9. The molecule has 0 unspecified atom stereocenters. The van der Waals surface area contributed by atoms with Crippen molar-refractivity contribution in [2.45, 2.75) is 20.8 Å². The summed E-state index contributed by atoms with van der Waals surface area (Å²) in [6.45, 7) is 6.23. The lowest BCUT2D eigenvalue weighted by Crippen LogP contribution is -2.26. The van der Waals surface area contributed by atoms with Crippen molar-refractivity contribution in [2.24, 2.45) is 0 Å². The Morgan fingerprint density at radius 2 is 1.40 bits per heavy atom. The number of nitrogens with zero attached hydrogens (tertiary/aromatic N) is 1. The lowest BCUT2D eigenvalue weighted by Gasteiger charge is -2.22. The van der Waals surface area contributed by atoms with E-state index in [1.165, 1.54) is 22.6 Å². The minimum atomic E-state index is 1.12. The third kappa shape index (κ3) is 3.23. The van der Waals surface area contributed by atoms with E-state index in [0.29, 0.717) is 0 Å². The van der Waals surface area contributed by atoms with E-state index in [-0.39, 0.29) is 0 Å². The van der Waals surface area contributed by atoms with Crippen molar-refractivity contribution in [3.63, 3.8) is 0 Å². The largest absolute Gasteiger partial charge is 0.378 e. The minimum Gasteiger partial charge on any atom is -0.378 e. The van der Waals surface area contributed by atoms with E-state index in [1.807, 2.05) is 14.1 Å². The zero-order valence-corrected chi connectivity index (χ0v) is 12.9. The van der Waals surface area contributed by atoms with Gasteiger partial charge in [0.05, 0.1) is 5.70 Å². The molecule has 0 fully saturated rings. The highest BCUT2D eigenvalue weighted by molar-refractivity contribution is 5.58. The van der Waals surface area contributed by atoms with Crippen molar-refractivity contribution in [1.82, 2.24) is 10.6 Å². The van der Waals surface area contributed by atoms with Crippen LogP contribution >= 0.6 is 0 Å². The molecule has 1 aromatic carbocycles. The number of benzene rings is 1. The van der Waals surface area contributed by atoms with E-state index in [4.69, 9.17) is 0 Å². The average molecular weight is 269 g/mol. The van der Waals surface area contributed by atoms with Crippen LogP contribution in [0.3, 0.4) is 0 Å². The molecule has 0 aromatic heterocycles. The van der Waals surface area contributed by atoms with Gasteiger partial charge in [-0.2, -0.15) is 0 Å². The summed E-state index contributed by atoms with van der Waals surface area (Å²) < 4.78 is 0. The van der Waals surface area contributed by atoms with E-state index < -0.39 is 0 Å². The van der Waals surface area contributed by atoms with Gasteiger partial charge in [-0.3, -0.25) is 0 Å². The van der Waals surface area contributed by atoms with Crippen molar-refractivity contribution in [3.8, 4) is 0 Å². The standard InChI is InChI=1S/C17H23N3/c1-12-13(2)19-17(14(3)18-12)11-8-15-6-9-16(10-7-15)20(4)5/h6-11,18-19H,1-5H3/b11-8+. The van der Waals surface area contributed by atoms with Crippen LogP contribution in [0.5, 0.6) is 0 Å². The van der Waals surface area contributed by atoms with Crippen molar-refractivity contribution in [2.75, 3.05) is 19.0 Å². The first-order valence-corrected chi connectivity index (χ1v) is 6.85. The fraction of sp³-hybridized carbons (Fsp3) is 0.294. The second-order valence-electron chi connectivity index (χ2n) is 5.36. The number of allylic oxidation sites excluding steroid dienone is 4. The molecule has 1 heterocycles. The Kier molecular flexibility index (Phi) is 4.18. The molecule has 2 N–H and O–H groups in total. The van der Waals surface area contributed by atoms with Gasteiger partial charge in [0.15, 0.2) is 0 Å². The van der Waals surface area contributed by atoms with Crippen LogP contribution in [-0.2, 0) is 0 Å². The normalized spacial score (nSPS) is 15.4. The van der Waals surface area contributed by atoms with Crippen molar-refractivity contribution in [1.29, 1.82) is 0 Å². The highest BCUT2D eigenvalue weighted by atomic mass is 15.1. The van der Waals surface area contributed by atoms with Crippen molar-refractivity contribution < 1.29 is 0 Å². The molecule has 0 aliphatic carbocycles. The molecule has 0 amide bonds. The van der Waals surface area contributed by atoms with Crippen LogP contribution < -0.4 is 15.5 Å². The third-order valence-corrected chi connectivity index (χ3v) is 3.52. The van der Waals surface area contributed by atoms with Gasteiger partial charge in [-0.05, 0) is 44.5 Å². The number of rotatable bonds is 3. The summed E-state index contributed by atoms with van der Waals surface area (Å²) >= 11 is 0. The summed E-state index contributed by atoms with van der Waals surface area (Å²) in [4.78, 5) is 2.10. The highest BCUT2D eigenvalue weighted by Gasteiger charge is 2.08. The molecule has 0 radical (unpaired) electrons. The predicted octanol–water partition coefficient (Wildman–Crippen LogP) is 3.44. The molecule has 0 saturated heterocycles. The monoisotopic (exact) mass is 269 g/mol. The van der Waals surface area contributed by atoms with E-state index in [2.05, 4.69) is 72.7 Å². The molecule has 1 aromatic rings. The van der Waals surface area contributed by atoms with Crippen LogP contribution in [0.1, 0.15) is 26.3 Å². The quantitative estimate of drug-likeness (QED) is 0.880. The van der Waals surface area contributed by atoms with Gasteiger partial charge in [0.25, 0.3) is 0 Å². The first-order chi connectivity index (χ1) is 9.47. The zero-order chi connectivity index (χ0) is 14.7.